The van der Waals surface area contributed by atoms with Gasteiger partial charge in [-0.15, -0.1) is 0 Å². The van der Waals surface area contributed by atoms with Gasteiger partial charge in [0.25, 0.3) is 6.02 Å². The van der Waals surface area contributed by atoms with Gasteiger partial charge >= 0.3 is 5.97 Å². The van der Waals surface area contributed by atoms with Crippen LogP contribution in [0.2, 0.25) is 0 Å². The molecule has 1 fully saturated rings. The van der Waals surface area contributed by atoms with E-state index in [2.05, 4.69) is 0 Å². The number of thiocarbonyl (C=S) groups is 1. The van der Waals surface area contributed by atoms with E-state index < -0.39 is 11.6 Å². The molecule has 0 spiro atoms. The number of fused-ring (bicyclic) bond motifs is 1. The van der Waals surface area contributed by atoms with Crippen LogP contribution in [0.25, 0.3) is 0 Å². The molecule has 1 atom stereocenters. The van der Waals surface area contributed by atoms with Gasteiger partial charge in [0.1, 0.15) is 40.8 Å². The first kappa shape index (κ1) is 22.1. The van der Waals surface area contributed by atoms with Crippen LogP contribution in [0.3, 0.4) is 0 Å². The highest BCUT2D eigenvalue weighted by atomic mass is 32.1. The number of carbonyl (C=O) groups is 1. The number of benzene rings is 1. The molecule has 1 saturated heterocycles. The van der Waals surface area contributed by atoms with Crippen LogP contribution in [0.1, 0.15) is 34.6 Å². The minimum atomic E-state index is -0.565. The predicted octanol–water partition coefficient (Wildman–Crippen LogP) is 2.98. The molecule has 30 heavy (non-hydrogen) atoms. The fourth-order valence-electron chi connectivity index (χ4n) is 3.24. The highest BCUT2D eigenvalue weighted by Gasteiger charge is 2.35. The standard InChI is InChI=1S/C21H29N3O5S/c1-6-26-19(25)13(2)24-16-9-14(7-8-17(16)27-12-18(24)30)28-15-10-23(11-15)20(22)29-21(3,4)5/h7-9,13,15,22H,6,10-12H2,1-5H3. The number of nitrogens with one attached hydrogen (secondary N) is 1. The Kier molecular flexibility index (Phi) is 6.40. The highest BCUT2D eigenvalue weighted by Crippen LogP contribution is 2.37. The molecular weight excluding hydrogens is 406 g/mol. The molecule has 1 aromatic carbocycles. The quantitative estimate of drug-likeness (QED) is 0.327. The number of hydrogen-bond donors (Lipinski definition) is 1. The van der Waals surface area contributed by atoms with Gasteiger partial charge in [0.05, 0.1) is 25.4 Å². The summed E-state index contributed by atoms with van der Waals surface area (Å²) in [5.41, 5.74) is 0.281. The number of hydrogen-bond acceptors (Lipinski definition) is 7. The molecule has 0 radical (unpaired) electrons. The topological polar surface area (TPSA) is 84.3 Å². The Bertz CT molecular complexity index is 832. The second-order valence-electron chi connectivity index (χ2n) is 8.27. The van der Waals surface area contributed by atoms with E-state index in [1.54, 1.807) is 18.7 Å². The molecular formula is C21H29N3O5S. The summed E-state index contributed by atoms with van der Waals surface area (Å²) in [7, 11) is 0. The minimum absolute atomic E-state index is 0.0561. The molecule has 164 valence electrons. The zero-order valence-electron chi connectivity index (χ0n) is 18.1. The first-order chi connectivity index (χ1) is 14.1. The summed E-state index contributed by atoms with van der Waals surface area (Å²) in [6.07, 6.45) is -0.0561. The summed E-state index contributed by atoms with van der Waals surface area (Å²) in [6, 6.07) is 5.07. The van der Waals surface area contributed by atoms with Gasteiger partial charge in [0.15, 0.2) is 0 Å². The molecule has 2 heterocycles. The molecule has 1 unspecified atom stereocenters. The first-order valence-corrected chi connectivity index (χ1v) is 10.4. The molecule has 1 N–H and O–H groups in total. The van der Waals surface area contributed by atoms with E-state index in [1.165, 1.54) is 0 Å². The smallest absolute Gasteiger partial charge is 0.328 e. The molecule has 2 aliphatic rings. The van der Waals surface area contributed by atoms with Crippen LogP contribution in [0, 0.1) is 5.41 Å². The van der Waals surface area contributed by atoms with E-state index in [-0.39, 0.29) is 24.7 Å². The second kappa shape index (κ2) is 8.67. The van der Waals surface area contributed by atoms with Crippen LogP contribution >= 0.6 is 12.2 Å². The minimum Gasteiger partial charge on any atom is -0.487 e. The third-order valence-electron chi connectivity index (χ3n) is 4.67. The Hall–Kier alpha value is -2.55. The summed E-state index contributed by atoms with van der Waals surface area (Å²) < 4.78 is 22.5. The van der Waals surface area contributed by atoms with Crippen LogP contribution < -0.4 is 14.4 Å². The summed E-state index contributed by atoms with van der Waals surface area (Å²) >= 11 is 5.44. The first-order valence-electron chi connectivity index (χ1n) is 10.0. The van der Waals surface area contributed by atoms with Gasteiger partial charge in [0, 0.05) is 6.07 Å². The SMILES string of the molecule is CCOC(=O)C(C)N1C(=S)COc2ccc(OC3CN(C(=N)OC(C)(C)C)C3)cc21. The zero-order valence-corrected chi connectivity index (χ0v) is 18.9. The van der Waals surface area contributed by atoms with Gasteiger partial charge in [-0.05, 0) is 46.8 Å². The summed E-state index contributed by atoms with van der Waals surface area (Å²) in [4.78, 5) is 16.4. The van der Waals surface area contributed by atoms with Crippen molar-refractivity contribution < 1.29 is 23.7 Å². The number of nitrogens with zero attached hydrogens (tertiary/aromatic N) is 2. The molecule has 0 bridgehead atoms. The van der Waals surface area contributed by atoms with E-state index in [9.17, 15) is 4.79 Å². The van der Waals surface area contributed by atoms with Crippen molar-refractivity contribution in [3.05, 3.63) is 18.2 Å². The summed E-state index contributed by atoms with van der Waals surface area (Å²) in [5.74, 6) is 0.949. The van der Waals surface area contributed by atoms with E-state index in [4.69, 9.17) is 36.6 Å². The van der Waals surface area contributed by atoms with Gasteiger partial charge < -0.3 is 28.7 Å². The Labute approximate surface area is 182 Å². The van der Waals surface area contributed by atoms with E-state index in [1.807, 2.05) is 43.9 Å². The second-order valence-corrected chi connectivity index (χ2v) is 8.75. The van der Waals surface area contributed by atoms with Crippen LogP contribution in [0.15, 0.2) is 18.2 Å². The van der Waals surface area contributed by atoms with E-state index in [0.29, 0.717) is 41.9 Å². The average Bonchev–Trinajstić information content (AvgIpc) is 2.62. The van der Waals surface area contributed by atoms with Crippen LogP contribution in [-0.2, 0) is 14.3 Å². The Balaban J connectivity index is 1.68. The van der Waals surface area contributed by atoms with Crippen molar-refractivity contribution in [2.75, 3.05) is 31.2 Å². The maximum atomic E-state index is 12.3. The summed E-state index contributed by atoms with van der Waals surface area (Å²) in [5, 5.41) is 8.03. The molecule has 0 aromatic heterocycles. The predicted molar refractivity (Wildman–Crippen MR) is 118 cm³/mol. The third kappa shape index (κ3) is 4.95. The molecule has 0 amide bonds. The van der Waals surface area contributed by atoms with Gasteiger partial charge in [0.2, 0.25) is 0 Å². The number of carbonyl (C=O) groups excluding carboxylic acids is 1. The molecule has 8 nitrogen and oxygen atoms in total. The Morgan fingerprint density at radius 3 is 2.70 bits per heavy atom. The number of rotatable bonds is 5. The van der Waals surface area contributed by atoms with Crippen LogP contribution in [-0.4, -0.2) is 65.9 Å². The fourth-order valence-corrected chi connectivity index (χ4v) is 3.56. The lowest BCUT2D eigenvalue weighted by atomic mass is 10.1. The lowest BCUT2D eigenvalue weighted by molar-refractivity contribution is -0.144. The van der Waals surface area contributed by atoms with E-state index >= 15 is 0 Å². The average molecular weight is 436 g/mol. The fraction of sp³-hybridized carbons (Fsp3) is 0.571. The van der Waals surface area contributed by atoms with Gasteiger partial charge in [-0.25, -0.2) is 4.79 Å². The number of amidine groups is 1. The van der Waals surface area contributed by atoms with Gasteiger partial charge in [-0.1, -0.05) is 12.2 Å². The van der Waals surface area contributed by atoms with Crippen LogP contribution in [0.5, 0.6) is 11.5 Å². The molecule has 3 rings (SSSR count). The van der Waals surface area contributed by atoms with Crippen molar-refractivity contribution in [3.63, 3.8) is 0 Å². The molecule has 2 aliphatic heterocycles. The monoisotopic (exact) mass is 435 g/mol. The lowest BCUT2D eigenvalue weighted by Gasteiger charge is -2.41. The Morgan fingerprint density at radius 1 is 1.37 bits per heavy atom. The number of esters is 1. The van der Waals surface area contributed by atoms with E-state index in [0.717, 1.165) is 0 Å². The molecule has 0 aliphatic carbocycles. The highest BCUT2D eigenvalue weighted by molar-refractivity contribution is 7.80. The van der Waals surface area contributed by atoms with Crippen molar-refractivity contribution in [3.8, 4) is 11.5 Å². The number of anilines is 1. The molecule has 9 heteroatoms. The zero-order chi connectivity index (χ0) is 22.1. The normalized spacial score (nSPS) is 17.4. The van der Waals surface area contributed by atoms with Crippen molar-refractivity contribution in [1.82, 2.24) is 4.90 Å². The third-order valence-corrected chi connectivity index (χ3v) is 4.98. The van der Waals surface area contributed by atoms with Crippen molar-refractivity contribution >= 4 is 34.9 Å². The summed E-state index contributed by atoms with van der Waals surface area (Å²) in [6.45, 7) is 11.0. The molecule has 0 saturated carbocycles. The van der Waals surface area contributed by atoms with Gasteiger partial charge in [-0.2, -0.15) is 0 Å². The van der Waals surface area contributed by atoms with Crippen LogP contribution in [0.4, 0.5) is 5.69 Å². The van der Waals surface area contributed by atoms with Gasteiger partial charge in [-0.3, -0.25) is 5.41 Å². The maximum Gasteiger partial charge on any atom is 0.328 e. The lowest BCUT2D eigenvalue weighted by Crippen LogP contribution is -2.57. The molecule has 1 aromatic rings. The Morgan fingerprint density at radius 2 is 2.07 bits per heavy atom. The maximum absolute atomic E-state index is 12.3. The number of likely N-dealkylation sites (tertiary alicyclic amines) is 1. The van der Waals surface area contributed by atoms with Crippen molar-refractivity contribution in [2.45, 2.75) is 52.4 Å². The van der Waals surface area contributed by atoms with Crippen molar-refractivity contribution in [1.29, 1.82) is 5.41 Å². The number of ether oxygens (including phenoxy) is 4. The van der Waals surface area contributed by atoms with Crippen molar-refractivity contribution in [2.24, 2.45) is 0 Å². The largest absolute Gasteiger partial charge is 0.487 e.